The van der Waals surface area contributed by atoms with Crippen molar-refractivity contribution in [2.45, 2.75) is 57.7 Å². The summed E-state index contributed by atoms with van der Waals surface area (Å²) in [6.07, 6.45) is 1.98. The zero-order valence-electron chi connectivity index (χ0n) is 18.2. The summed E-state index contributed by atoms with van der Waals surface area (Å²) in [4.78, 5) is 52.6. The molecule has 11 heteroatoms. The largest absolute Gasteiger partial charge is 0.444 e. The van der Waals surface area contributed by atoms with Gasteiger partial charge in [-0.2, -0.15) is 0 Å². The van der Waals surface area contributed by atoms with Crippen molar-refractivity contribution < 1.29 is 24.0 Å². The maximum atomic E-state index is 13.3. The van der Waals surface area contributed by atoms with E-state index in [1.54, 1.807) is 33.0 Å². The Morgan fingerprint density at radius 1 is 1.38 bits per heavy atom. The number of non-ortho nitro benzene ring substituents is 1. The van der Waals surface area contributed by atoms with Crippen molar-refractivity contribution in [2.24, 2.45) is 5.73 Å². The second-order valence-electron chi connectivity index (χ2n) is 8.80. The molecule has 0 spiro atoms. The van der Waals surface area contributed by atoms with Crippen LogP contribution in [0.15, 0.2) is 24.4 Å². The number of nitrogens with one attached hydrogen (secondary N) is 2. The number of benzene rings is 1. The quantitative estimate of drug-likeness (QED) is 0.455. The average molecular weight is 445 g/mol. The number of hydrogen-bond donors (Lipinski definition) is 3. The number of rotatable bonds is 6. The third-order valence-corrected chi connectivity index (χ3v) is 5.24. The summed E-state index contributed by atoms with van der Waals surface area (Å²) in [5, 5.41) is 14.3. The lowest BCUT2D eigenvalue weighted by atomic mass is 10.0. The first-order valence-corrected chi connectivity index (χ1v) is 10.3. The van der Waals surface area contributed by atoms with Crippen LogP contribution in [0.4, 0.5) is 10.5 Å². The second kappa shape index (κ2) is 8.85. The van der Waals surface area contributed by atoms with E-state index in [0.717, 1.165) is 0 Å². The first kappa shape index (κ1) is 23.0. The molecule has 2 heterocycles. The molecule has 172 valence electrons. The van der Waals surface area contributed by atoms with Crippen LogP contribution in [0.2, 0.25) is 0 Å². The second-order valence-corrected chi connectivity index (χ2v) is 8.80. The van der Waals surface area contributed by atoms with Crippen LogP contribution >= 0.6 is 0 Å². The van der Waals surface area contributed by atoms with Gasteiger partial charge in [-0.3, -0.25) is 19.7 Å². The molecule has 1 aromatic heterocycles. The number of amides is 3. The third-order valence-electron chi connectivity index (χ3n) is 5.24. The van der Waals surface area contributed by atoms with Crippen molar-refractivity contribution in [3.63, 3.8) is 0 Å². The van der Waals surface area contributed by atoms with E-state index in [1.807, 2.05) is 0 Å². The van der Waals surface area contributed by atoms with Crippen LogP contribution in [-0.4, -0.2) is 56.9 Å². The lowest BCUT2D eigenvalue weighted by Crippen LogP contribution is -2.54. The van der Waals surface area contributed by atoms with Gasteiger partial charge in [-0.15, -0.1) is 0 Å². The summed E-state index contributed by atoms with van der Waals surface area (Å²) in [5.74, 6) is -1.06. The van der Waals surface area contributed by atoms with Crippen LogP contribution in [-0.2, 0) is 20.7 Å². The molecule has 4 N–H and O–H groups in total. The van der Waals surface area contributed by atoms with Crippen LogP contribution in [0.25, 0.3) is 10.9 Å². The first-order chi connectivity index (χ1) is 15.0. The van der Waals surface area contributed by atoms with E-state index < -0.39 is 40.5 Å². The number of H-pyrrole nitrogens is 1. The summed E-state index contributed by atoms with van der Waals surface area (Å²) in [5.41, 5.74) is 5.85. The monoisotopic (exact) mass is 445 g/mol. The van der Waals surface area contributed by atoms with Crippen LogP contribution < -0.4 is 11.1 Å². The number of hydrogen-bond acceptors (Lipinski definition) is 6. The van der Waals surface area contributed by atoms with Crippen LogP contribution in [0.5, 0.6) is 0 Å². The smallest absolute Gasteiger partial charge is 0.408 e. The van der Waals surface area contributed by atoms with Crippen molar-refractivity contribution in [1.29, 1.82) is 0 Å². The van der Waals surface area contributed by atoms with Gasteiger partial charge < -0.3 is 25.7 Å². The van der Waals surface area contributed by atoms with E-state index in [-0.39, 0.29) is 12.1 Å². The van der Waals surface area contributed by atoms with Gasteiger partial charge in [0.25, 0.3) is 5.69 Å². The molecule has 11 nitrogen and oxygen atoms in total. The number of nitro benzene ring substituents is 1. The van der Waals surface area contributed by atoms with Gasteiger partial charge in [0, 0.05) is 42.2 Å². The fourth-order valence-electron chi connectivity index (χ4n) is 3.85. The van der Waals surface area contributed by atoms with Crippen molar-refractivity contribution in [2.75, 3.05) is 6.54 Å². The molecule has 0 saturated carbocycles. The molecule has 2 unspecified atom stereocenters. The molecule has 2 atom stereocenters. The van der Waals surface area contributed by atoms with E-state index in [2.05, 4.69) is 10.3 Å². The molecule has 2 aromatic rings. The van der Waals surface area contributed by atoms with Gasteiger partial charge in [0.1, 0.15) is 17.7 Å². The van der Waals surface area contributed by atoms with Crippen LogP contribution in [0.3, 0.4) is 0 Å². The average Bonchev–Trinajstić information content (AvgIpc) is 3.32. The number of aromatic amines is 1. The molecule has 1 fully saturated rings. The number of aromatic nitrogens is 1. The normalized spacial score (nSPS) is 17.2. The lowest BCUT2D eigenvalue weighted by Gasteiger charge is -2.28. The molecule has 1 aromatic carbocycles. The zero-order valence-corrected chi connectivity index (χ0v) is 18.2. The number of alkyl carbamates (subject to hydrolysis) is 1. The zero-order chi connectivity index (χ0) is 23.6. The minimum Gasteiger partial charge on any atom is -0.444 e. The number of ether oxygens (including phenoxy) is 1. The number of likely N-dealkylation sites (tertiary alicyclic amines) is 1. The van der Waals surface area contributed by atoms with E-state index >= 15 is 0 Å². The summed E-state index contributed by atoms with van der Waals surface area (Å²) in [6.45, 7) is 5.45. The van der Waals surface area contributed by atoms with Gasteiger partial charge in [0.05, 0.1) is 4.92 Å². The van der Waals surface area contributed by atoms with Gasteiger partial charge >= 0.3 is 6.09 Å². The Bertz CT molecular complexity index is 1060. The number of nitro groups is 1. The fourth-order valence-corrected chi connectivity index (χ4v) is 3.85. The number of primary amides is 1. The summed E-state index contributed by atoms with van der Waals surface area (Å²) >= 11 is 0. The predicted octanol–water partition coefficient (Wildman–Crippen LogP) is 1.99. The van der Waals surface area contributed by atoms with E-state index in [9.17, 15) is 24.5 Å². The molecule has 3 amide bonds. The highest BCUT2D eigenvalue weighted by molar-refractivity contribution is 5.92. The Labute approximate surface area is 184 Å². The van der Waals surface area contributed by atoms with E-state index in [4.69, 9.17) is 10.5 Å². The van der Waals surface area contributed by atoms with Crippen molar-refractivity contribution in [1.82, 2.24) is 15.2 Å². The third kappa shape index (κ3) is 5.16. The molecule has 1 aliphatic heterocycles. The predicted molar refractivity (Wildman–Crippen MR) is 116 cm³/mol. The SMILES string of the molecule is CC(C)(C)OC(=O)NC(Cc1c[nH]c2ccc([N+](=O)[O-])cc12)C(=O)N1CCCC1C(N)=O. The van der Waals surface area contributed by atoms with Crippen LogP contribution in [0.1, 0.15) is 39.2 Å². The number of nitrogens with two attached hydrogens (primary N) is 1. The molecule has 0 radical (unpaired) electrons. The van der Waals surface area contributed by atoms with E-state index in [0.29, 0.717) is 35.9 Å². The minimum absolute atomic E-state index is 0.0429. The standard InChI is InChI=1S/C21H27N5O6/c1-21(2,3)32-20(29)24-16(19(28)25-8-4-5-17(25)18(22)27)9-12-11-23-15-7-6-13(26(30)31)10-14(12)15/h6-7,10-11,16-17,23H,4-5,8-9H2,1-3H3,(H2,22,27)(H,24,29). The first-order valence-electron chi connectivity index (χ1n) is 10.3. The Balaban J connectivity index is 1.92. The molecule has 1 aliphatic rings. The van der Waals surface area contributed by atoms with Gasteiger partial charge in [-0.1, -0.05) is 0 Å². The van der Waals surface area contributed by atoms with Crippen molar-refractivity contribution in [3.8, 4) is 0 Å². The molecular weight excluding hydrogens is 418 g/mol. The molecule has 3 rings (SSSR count). The number of nitrogens with zero attached hydrogens (tertiary/aromatic N) is 2. The summed E-state index contributed by atoms with van der Waals surface area (Å²) < 4.78 is 5.30. The Morgan fingerprint density at radius 3 is 2.72 bits per heavy atom. The Hall–Kier alpha value is -3.63. The van der Waals surface area contributed by atoms with Crippen molar-refractivity contribution >= 4 is 34.5 Å². The molecule has 0 aliphatic carbocycles. The van der Waals surface area contributed by atoms with Gasteiger partial charge in [0.2, 0.25) is 11.8 Å². The van der Waals surface area contributed by atoms with Gasteiger partial charge in [-0.25, -0.2) is 4.79 Å². The minimum atomic E-state index is -1.05. The topological polar surface area (TPSA) is 161 Å². The summed E-state index contributed by atoms with van der Waals surface area (Å²) in [7, 11) is 0. The molecule has 1 saturated heterocycles. The molecular formula is C21H27N5O6. The van der Waals surface area contributed by atoms with Gasteiger partial charge in [0.15, 0.2) is 0 Å². The summed E-state index contributed by atoms with van der Waals surface area (Å²) in [6, 6.07) is 2.58. The maximum absolute atomic E-state index is 13.3. The maximum Gasteiger partial charge on any atom is 0.408 e. The lowest BCUT2D eigenvalue weighted by molar-refractivity contribution is -0.384. The number of carbonyl (C=O) groups is 3. The number of fused-ring (bicyclic) bond motifs is 1. The Kier molecular flexibility index (Phi) is 6.37. The highest BCUT2D eigenvalue weighted by Gasteiger charge is 2.37. The van der Waals surface area contributed by atoms with E-state index in [1.165, 1.54) is 17.0 Å². The Morgan fingerprint density at radius 2 is 2.09 bits per heavy atom. The molecule has 0 bridgehead atoms. The highest BCUT2D eigenvalue weighted by atomic mass is 16.6. The van der Waals surface area contributed by atoms with Gasteiger partial charge in [-0.05, 0) is 45.2 Å². The van der Waals surface area contributed by atoms with Crippen LogP contribution in [0, 0.1) is 10.1 Å². The number of carbonyl (C=O) groups excluding carboxylic acids is 3. The van der Waals surface area contributed by atoms with Crippen molar-refractivity contribution in [3.05, 3.63) is 40.1 Å². The highest BCUT2D eigenvalue weighted by Crippen LogP contribution is 2.26. The fraction of sp³-hybridized carbons (Fsp3) is 0.476. The molecule has 32 heavy (non-hydrogen) atoms.